The zero-order chi connectivity index (χ0) is 14.5. The van der Waals surface area contributed by atoms with Gasteiger partial charge >= 0.3 is 0 Å². The van der Waals surface area contributed by atoms with Crippen molar-refractivity contribution in [3.63, 3.8) is 0 Å². The maximum atomic E-state index is 5.93. The lowest BCUT2D eigenvalue weighted by Crippen LogP contribution is -2.15. The predicted molar refractivity (Wildman–Crippen MR) is 87.7 cm³/mol. The smallest absolute Gasteiger partial charge is 0.0406 e. The average molecular weight is 289 g/mol. The highest BCUT2D eigenvalue weighted by Crippen LogP contribution is 2.23. The molecule has 0 aromatic heterocycles. The van der Waals surface area contributed by atoms with Gasteiger partial charge in [0.25, 0.3) is 0 Å². The summed E-state index contributed by atoms with van der Waals surface area (Å²) in [5.41, 5.74) is 9.69. The van der Waals surface area contributed by atoms with E-state index in [1.165, 1.54) is 16.8 Å². The molecule has 106 valence electrons. The van der Waals surface area contributed by atoms with Crippen LogP contribution in [0.2, 0.25) is 5.02 Å². The highest BCUT2D eigenvalue weighted by atomic mass is 35.5. The summed E-state index contributed by atoms with van der Waals surface area (Å²) in [6.07, 6.45) is 0.950. The molecule has 0 saturated heterocycles. The second-order valence-electron chi connectivity index (χ2n) is 5.25. The number of anilines is 1. The van der Waals surface area contributed by atoms with E-state index in [9.17, 15) is 0 Å². The molecular formula is C17H21ClN2. The van der Waals surface area contributed by atoms with Gasteiger partial charge in [-0.2, -0.15) is 0 Å². The van der Waals surface area contributed by atoms with E-state index >= 15 is 0 Å². The van der Waals surface area contributed by atoms with Crippen LogP contribution in [0.1, 0.15) is 17.0 Å². The molecule has 0 aliphatic heterocycles. The minimum Gasteiger partial charge on any atom is -0.378 e. The molecule has 0 heterocycles. The first-order chi connectivity index (χ1) is 9.60. The minimum absolute atomic E-state index is 0.331. The van der Waals surface area contributed by atoms with Crippen molar-refractivity contribution in [1.29, 1.82) is 0 Å². The second kappa shape index (κ2) is 6.78. The Kier molecular flexibility index (Phi) is 5.05. The summed E-state index contributed by atoms with van der Waals surface area (Å²) in [7, 11) is 4.09. The molecule has 0 saturated carbocycles. The lowest BCUT2D eigenvalue weighted by atomic mass is 9.92. The molecule has 2 rings (SSSR count). The molecule has 0 fully saturated rings. The molecule has 0 radical (unpaired) electrons. The van der Waals surface area contributed by atoms with Gasteiger partial charge in [0.05, 0.1) is 0 Å². The molecule has 0 aliphatic carbocycles. The van der Waals surface area contributed by atoms with Crippen LogP contribution in [0.5, 0.6) is 0 Å². The molecule has 2 aromatic carbocycles. The molecular weight excluding hydrogens is 268 g/mol. The van der Waals surface area contributed by atoms with Gasteiger partial charge in [-0.15, -0.1) is 0 Å². The molecule has 2 aromatic rings. The van der Waals surface area contributed by atoms with Crippen molar-refractivity contribution in [2.24, 2.45) is 5.73 Å². The molecule has 0 bridgehead atoms. The van der Waals surface area contributed by atoms with Gasteiger partial charge in [0.1, 0.15) is 0 Å². The van der Waals surface area contributed by atoms with E-state index in [1.807, 2.05) is 26.2 Å². The van der Waals surface area contributed by atoms with E-state index in [-0.39, 0.29) is 0 Å². The normalized spacial score (nSPS) is 12.2. The molecule has 20 heavy (non-hydrogen) atoms. The Morgan fingerprint density at radius 2 is 1.60 bits per heavy atom. The van der Waals surface area contributed by atoms with Gasteiger partial charge in [0.15, 0.2) is 0 Å². The molecule has 1 unspecified atom stereocenters. The van der Waals surface area contributed by atoms with Crippen molar-refractivity contribution in [3.8, 4) is 0 Å². The maximum Gasteiger partial charge on any atom is 0.0406 e. The van der Waals surface area contributed by atoms with E-state index in [1.54, 1.807) is 0 Å². The Morgan fingerprint density at radius 3 is 2.10 bits per heavy atom. The van der Waals surface area contributed by atoms with Crippen LogP contribution in [0.3, 0.4) is 0 Å². The fraction of sp³-hybridized carbons (Fsp3) is 0.294. The fourth-order valence-corrected chi connectivity index (χ4v) is 2.41. The third-order valence-corrected chi connectivity index (χ3v) is 3.81. The first-order valence-corrected chi connectivity index (χ1v) is 7.19. The third-order valence-electron chi connectivity index (χ3n) is 3.56. The average Bonchev–Trinajstić information content (AvgIpc) is 2.46. The van der Waals surface area contributed by atoms with Crippen molar-refractivity contribution < 1.29 is 0 Å². The second-order valence-corrected chi connectivity index (χ2v) is 5.69. The SMILES string of the molecule is CN(C)c1ccc(CC(CN)c2ccc(Cl)cc2)cc1. The number of nitrogens with two attached hydrogens (primary N) is 1. The van der Waals surface area contributed by atoms with Gasteiger partial charge < -0.3 is 10.6 Å². The van der Waals surface area contributed by atoms with Crippen molar-refractivity contribution >= 4 is 17.3 Å². The largest absolute Gasteiger partial charge is 0.378 e. The molecule has 3 heteroatoms. The molecule has 0 spiro atoms. The van der Waals surface area contributed by atoms with Gasteiger partial charge in [-0.3, -0.25) is 0 Å². The number of nitrogens with zero attached hydrogens (tertiary/aromatic N) is 1. The predicted octanol–water partition coefficient (Wildman–Crippen LogP) is 3.69. The van der Waals surface area contributed by atoms with Crippen LogP contribution in [0.25, 0.3) is 0 Å². The van der Waals surface area contributed by atoms with E-state index in [2.05, 4.69) is 41.3 Å². The summed E-state index contributed by atoms with van der Waals surface area (Å²) in [6, 6.07) is 16.6. The van der Waals surface area contributed by atoms with Gasteiger partial charge in [-0.1, -0.05) is 35.9 Å². The summed E-state index contributed by atoms with van der Waals surface area (Å²) in [4.78, 5) is 2.10. The number of hydrogen-bond acceptors (Lipinski definition) is 2. The van der Waals surface area contributed by atoms with Crippen LogP contribution in [0, 0.1) is 0 Å². The molecule has 2 nitrogen and oxygen atoms in total. The molecule has 0 aliphatic rings. The summed E-state index contributed by atoms with van der Waals surface area (Å²) < 4.78 is 0. The van der Waals surface area contributed by atoms with Crippen molar-refractivity contribution in [1.82, 2.24) is 0 Å². The van der Waals surface area contributed by atoms with Gasteiger partial charge in [0.2, 0.25) is 0 Å². The van der Waals surface area contributed by atoms with E-state index in [4.69, 9.17) is 17.3 Å². The topological polar surface area (TPSA) is 29.3 Å². The van der Waals surface area contributed by atoms with Crippen LogP contribution in [-0.2, 0) is 6.42 Å². The monoisotopic (exact) mass is 288 g/mol. The summed E-state index contributed by atoms with van der Waals surface area (Å²) in [5, 5.41) is 0.764. The maximum absolute atomic E-state index is 5.93. The Hall–Kier alpha value is -1.51. The van der Waals surface area contributed by atoms with E-state index in [0.717, 1.165) is 11.4 Å². The highest BCUT2D eigenvalue weighted by molar-refractivity contribution is 6.30. The van der Waals surface area contributed by atoms with E-state index < -0.39 is 0 Å². The van der Waals surface area contributed by atoms with Crippen LogP contribution < -0.4 is 10.6 Å². The molecule has 1 atom stereocenters. The lowest BCUT2D eigenvalue weighted by Gasteiger charge is -2.17. The Balaban J connectivity index is 2.11. The first kappa shape index (κ1) is 14.9. The molecule has 2 N–H and O–H groups in total. The summed E-state index contributed by atoms with van der Waals surface area (Å²) >= 11 is 5.93. The van der Waals surface area contributed by atoms with Crippen molar-refractivity contribution in [3.05, 3.63) is 64.7 Å². The number of benzene rings is 2. The van der Waals surface area contributed by atoms with Gasteiger partial charge in [-0.05, 0) is 48.4 Å². The highest BCUT2D eigenvalue weighted by Gasteiger charge is 2.10. The number of hydrogen-bond donors (Lipinski definition) is 1. The van der Waals surface area contributed by atoms with E-state index in [0.29, 0.717) is 12.5 Å². The van der Waals surface area contributed by atoms with Crippen LogP contribution in [0.15, 0.2) is 48.5 Å². The van der Waals surface area contributed by atoms with Crippen LogP contribution in [0.4, 0.5) is 5.69 Å². The van der Waals surface area contributed by atoms with Gasteiger partial charge in [-0.25, -0.2) is 0 Å². The summed E-state index contributed by atoms with van der Waals surface area (Å²) in [5.74, 6) is 0.331. The zero-order valence-corrected chi connectivity index (χ0v) is 12.8. The minimum atomic E-state index is 0.331. The number of halogens is 1. The Labute approximate surface area is 126 Å². The quantitative estimate of drug-likeness (QED) is 0.909. The van der Waals surface area contributed by atoms with Crippen LogP contribution in [-0.4, -0.2) is 20.6 Å². The summed E-state index contributed by atoms with van der Waals surface area (Å²) in [6.45, 7) is 0.636. The zero-order valence-electron chi connectivity index (χ0n) is 12.0. The van der Waals surface area contributed by atoms with Crippen molar-refractivity contribution in [2.45, 2.75) is 12.3 Å². The first-order valence-electron chi connectivity index (χ1n) is 6.82. The van der Waals surface area contributed by atoms with Crippen molar-refractivity contribution in [2.75, 3.05) is 25.5 Å². The standard InChI is InChI=1S/C17H21ClN2/c1-20(2)17-9-3-13(4-10-17)11-15(12-19)14-5-7-16(18)8-6-14/h3-10,15H,11-12,19H2,1-2H3. The number of rotatable bonds is 5. The van der Waals surface area contributed by atoms with Crippen LogP contribution >= 0.6 is 11.6 Å². The van der Waals surface area contributed by atoms with Gasteiger partial charge in [0, 0.05) is 30.7 Å². The Bertz CT molecular complexity index is 532. The fourth-order valence-electron chi connectivity index (χ4n) is 2.29. The Morgan fingerprint density at radius 1 is 1.00 bits per heavy atom. The third kappa shape index (κ3) is 3.75. The lowest BCUT2D eigenvalue weighted by molar-refractivity contribution is 0.694. The molecule has 0 amide bonds.